The second-order valence-electron chi connectivity index (χ2n) is 3.87. The van der Waals surface area contributed by atoms with Gasteiger partial charge in [0.05, 0.1) is 5.75 Å². The van der Waals surface area contributed by atoms with E-state index < -0.39 is 12.1 Å². The van der Waals surface area contributed by atoms with Crippen molar-refractivity contribution in [2.45, 2.75) is 18.2 Å². The van der Waals surface area contributed by atoms with Crippen molar-refractivity contribution in [3.8, 4) is 5.69 Å². The third kappa shape index (κ3) is 3.12. The molecule has 0 aliphatic rings. The number of thioether (sulfide) groups is 1. The predicted molar refractivity (Wildman–Crippen MR) is 70.4 cm³/mol. The van der Waals surface area contributed by atoms with E-state index in [2.05, 4.69) is 10.2 Å². The van der Waals surface area contributed by atoms with Gasteiger partial charge in [0.2, 0.25) is 0 Å². The van der Waals surface area contributed by atoms with E-state index in [0.717, 1.165) is 17.4 Å². The number of nitrogens with zero attached hydrogens (tertiary/aromatic N) is 3. The number of carboxylic acids is 1. The highest BCUT2D eigenvalue weighted by atomic mass is 32.2. The smallest absolute Gasteiger partial charge is 0.313 e. The Balaban J connectivity index is 2.42. The van der Waals surface area contributed by atoms with Crippen molar-refractivity contribution >= 4 is 17.7 Å². The lowest BCUT2D eigenvalue weighted by molar-refractivity contribution is -0.133. The first-order chi connectivity index (χ1) is 9.09. The molecule has 1 aromatic heterocycles. The van der Waals surface area contributed by atoms with E-state index in [9.17, 15) is 9.90 Å². The molecule has 1 heterocycles. The number of carboxylic acid groups (broad SMARTS) is 1. The number of para-hydroxylation sites is 1. The molecule has 2 N–H and O–H groups in total. The van der Waals surface area contributed by atoms with Gasteiger partial charge in [0, 0.05) is 5.69 Å². The van der Waals surface area contributed by atoms with Crippen LogP contribution in [-0.4, -0.2) is 36.7 Å². The van der Waals surface area contributed by atoms with Gasteiger partial charge in [-0.3, -0.25) is 9.36 Å². The van der Waals surface area contributed by atoms with Crippen molar-refractivity contribution in [1.82, 2.24) is 14.8 Å². The third-order valence-corrected chi connectivity index (χ3v) is 3.28. The monoisotopic (exact) mass is 279 g/mol. The Labute approximate surface area is 114 Å². The molecule has 0 spiro atoms. The fraction of sp³-hybridized carbons (Fsp3) is 0.250. The summed E-state index contributed by atoms with van der Waals surface area (Å²) in [6.45, 7) is 1.59. The van der Waals surface area contributed by atoms with Crippen LogP contribution in [0, 0.1) is 0 Å². The molecule has 100 valence electrons. The summed E-state index contributed by atoms with van der Waals surface area (Å²) in [5, 5.41) is 26.7. The zero-order chi connectivity index (χ0) is 13.8. The molecule has 2 rings (SSSR count). The summed E-state index contributed by atoms with van der Waals surface area (Å²) >= 11 is 1.07. The number of rotatable bonds is 5. The van der Waals surface area contributed by atoms with Crippen molar-refractivity contribution in [3.63, 3.8) is 0 Å². The maximum Gasteiger partial charge on any atom is 0.313 e. The van der Waals surface area contributed by atoms with Crippen molar-refractivity contribution < 1.29 is 15.0 Å². The highest BCUT2D eigenvalue weighted by molar-refractivity contribution is 7.99. The number of benzene rings is 1. The van der Waals surface area contributed by atoms with Gasteiger partial charge in [-0.15, -0.1) is 10.2 Å². The standard InChI is InChI=1S/C12H13N3O3S/c1-8(16)11-13-14-12(19-7-10(17)18)15(11)9-5-3-2-4-6-9/h2-6,8,16H,7H2,1H3,(H,17,18)/t8-/m0/s1. The van der Waals surface area contributed by atoms with Crippen molar-refractivity contribution in [3.05, 3.63) is 36.2 Å². The van der Waals surface area contributed by atoms with Crippen LogP contribution in [0.2, 0.25) is 0 Å². The molecule has 0 bridgehead atoms. The molecule has 1 aromatic carbocycles. The minimum Gasteiger partial charge on any atom is -0.481 e. The van der Waals surface area contributed by atoms with Gasteiger partial charge in [0.1, 0.15) is 6.10 Å². The summed E-state index contributed by atoms with van der Waals surface area (Å²) in [6.07, 6.45) is -0.785. The first kappa shape index (κ1) is 13.6. The van der Waals surface area contributed by atoms with Crippen LogP contribution in [0.4, 0.5) is 0 Å². The van der Waals surface area contributed by atoms with Gasteiger partial charge in [0.15, 0.2) is 11.0 Å². The van der Waals surface area contributed by atoms with Crippen molar-refractivity contribution in [1.29, 1.82) is 0 Å². The first-order valence-electron chi connectivity index (χ1n) is 5.63. The third-order valence-electron chi connectivity index (χ3n) is 2.37. The van der Waals surface area contributed by atoms with Crippen LogP contribution in [0.1, 0.15) is 18.9 Å². The van der Waals surface area contributed by atoms with E-state index in [1.54, 1.807) is 11.5 Å². The molecular weight excluding hydrogens is 266 g/mol. The number of aliphatic carboxylic acids is 1. The van der Waals surface area contributed by atoms with Crippen LogP contribution >= 0.6 is 11.8 Å². The van der Waals surface area contributed by atoms with E-state index in [4.69, 9.17) is 5.11 Å². The summed E-state index contributed by atoms with van der Waals surface area (Å²) in [4.78, 5) is 10.6. The molecule has 6 nitrogen and oxygen atoms in total. The van der Waals surface area contributed by atoms with Crippen LogP contribution in [0.25, 0.3) is 5.69 Å². The number of aliphatic hydroxyl groups is 1. The average molecular weight is 279 g/mol. The van der Waals surface area contributed by atoms with Gasteiger partial charge in [-0.05, 0) is 19.1 Å². The Morgan fingerprint density at radius 3 is 2.63 bits per heavy atom. The number of aromatic nitrogens is 3. The largest absolute Gasteiger partial charge is 0.481 e. The number of carbonyl (C=O) groups is 1. The van der Waals surface area contributed by atoms with Gasteiger partial charge < -0.3 is 10.2 Å². The Morgan fingerprint density at radius 2 is 2.05 bits per heavy atom. The second kappa shape index (κ2) is 5.85. The topological polar surface area (TPSA) is 88.2 Å². The summed E-state index contributed by atoms with van der Waals surface area (Å²) in [7, 11) is 0. The van der Waals surface area contributed by atoms with Crippen LogP contribution in [0.15, 0.2) is 35.5 Å². The summed E-state index contributed by atoms with van der Waals surface area (Å²) in [6, 6.07) is 9.28. The molecule has 0 amide bonds. The molecule has 0 unspecified atom stereocenters. The lowest BCUT2D eigenvalue weighted by atomic mass is 10.3. The van der Waals surface area contributed by atoms with E-state index in [1.165, 1.54) is 0 Å². The number of hydrogen-bond acceptors (Lipinski definition) is 5. The molecule has 2 aromatic rings. The predicted octanol–water partition coefficient (Wildman–Crippen LogP) is 1.50. The fourth-order valence-corrected chi connectivity index (χ4v) is 2.27. The lowest BCUT2D eigenvalue weighted by Crippen LogP contribution is -2.07. The van der Waals surface area contributed by atoms with Gasteiger partial charge in [-0.1, -0.05) is 30.0 Å². The quantitative estimate of drug-likeness (QED) is 0.806. The van der Waals surface area contributed by atoms with Gasteiger partial charge >= 0.3 is 5.97 Å². The fourth-order valence-electron chi connectivity index (χ4n) is 1.59. The summed E-state index contributed by atoms with van der Waals surface area (Å²) in [5.41, 5.74) is 0.788. The maximum atomic E-state index is 10.6. The molecule has 19 heavy (non-hydrogen) atoms. The molecule has 1 atom stereocenters. The van der Waals surface area contributed by atoms with Gasteiger partial charge in [-0.25, -0.2) is 0 Å². The minimum absolute atomic E-state index is 0.106. The summed E-state index contributed by atoms with van der Waals surface area (Å²) < 4.78 is 1.66. The molecule has 0 aliphatic heterocycles. The Kier molecular flexibility index (Phi) is 4.18. The van der Waals surface area contributed by atoms with Crippen LogP contribution in [0.3, 0.4) is 0 Å². The van der Waals surface area contributed by atoms with Crippen LogP contribution in [-0.2, 0) is 4.79 Å². The van der Waals surface area contributed by atoms with Crippen molar-refractivity contribution in [2.75, 3.05) is 5.75 Å². The first-order valence-corrected chi connectivity index (χ1v) is 6.61. The highest BCUT2D eigenvalue weighted by Gasteiger charge is 2.18. The number of hydrogen-bond donors (Lipinski definition) is 2. The highest BCUT2D eigenvalue weighted by Crippen LogP contribution is 2.24. The van der Waals surface area contributed by atoms with Gasteiger partial charge in [0.25, 0.3) is 0 Å². The minimum atomic E-state index is -0.925. The van der Waals surface area contributed by atoms with E-state index in [-0.39, 0.29) is 5.75 Å². The average Bonchev–Trinajstić information content (AvgIpc) is 2.81. The zero-order valence-electron chi connectivity index (χ0n) is 10.2. The normalized spacial score (nSPS) is 12.3. The molecule has 0 saturated carbocycles. The van der Waals surface area contributed by atoms with E-state index in [0.29, 0.717) is 11.0 Å². The second-order valence-corrected chi connectivity index (χ2v) is 4.81. The van der Waals surface area contributed by atoms with Crippen molar-refractivity contribution in [2.24, 2.45) is 0 Å². The van der Waals surface area contributed by atoms with Gasteiger partial charge in [-0.2, -0.15) is 0 Å². The number of aliphatic hydroxyl groups excluding tert-OH is 1. The molecule has 0 fully saturated rings. The molecule has 0 radical (unpaired) electrons. The Bertz CT molecular complexity index is 569. The van der Waals surface area contributed by atoms with Crippen LogP contribution < -0.4 is 0 Å². The summed E-state index contributed by atoms with van der Waals surface area (Å²) in [5.74, 6) is -0.643. The Hall–Kier alpha value is -1.86. The SMILES string of the molecule is C[C@H](O)c1nnc(SCC(=O)O)n1-c1ccccc1. The Morgan fingerprint density at radius 1 is 1.37 bits per heavy atom. The molecule has 0 saturated heterocycles. The van der Waals surface area contributed by atoms with E-state index in [1.807, 2.05) is 30.3 Å². The maximum absolute atomic E-state index is 10.6. The van der Waals surface area contributed by atoms with Crippen LogP contribution in [0.5, 0.6) is 0 Å². The molecular formula is C12H13N3O3S. The molecule has 7 heteroatoms. The molecule has 0 aliphatic carbocycles. The van der Waals surface area contributed by atoms with E-state index >= 15 is 0 Å². The lowest BCUT2D eigenvalue weighted by Gasteiger charge is -2.10. The zero-order valence-corrected chi connectivity index (χ0v) is 11.0.